The Bertz CT molecular complexity index is 1650. The summed E-state index contributed by atoms with van der Waals surface area (Å²) in [6.45, 7) is 4.12. The van der Waals surface area contributed by atoms with Crippen LogP contribution in [0.15, 0.2) is 109 Å². The fraction of sp³-hybridized carbons (Fsp3) is 0.697. The van der Waals surface area contributed by atoms with Gasteiger partial charge in [0, 0.05) is 12.8 Å². The molecule has 0 rings (SSSR count). The van der Waals surface area contributed by atoms with Gasteiger partial charge in [0.2, 0.25) is 0 Å². The lowest BCUT2D eigenvalue weighted by atomic mass is 10.0. The molecular weight excluding hydrogens is 966 g/mol. The molecule has 0 bridgehead atoms. The predicted octanol–water partition coefficient (Wildman–Crippen LogP) is 19.4. The van der Waals surface area contributed by atoms with Gasteiger partial charge >= 0.3 is 19.8 Å². The highest BCUT2D eigenvalue weighted by Gasteiger charge is 2.27. The number of phosphoric ester groups is 1. The van der Waals surface area contributed by atoms with Crippen LogP contribution in [0, 0.1) is 0 Å². The normalized spacial score (nSPS) is 14.0. The summed E-state index contributed by atoms with van der Waals surface area (Å²) in [4.78, 5) is 35.5. The van der Waals surface area contributed by atoms with Gasteiger partial charge in [-0.2, -0.15) is 0 Å². The maximum absolute atomic E-state index is 12.8. The molecule has 0 aliphatic carbocycles. The van der Waals surface area contributed by atoms with Gasteiger partial charge in [0.05, 0.1) is 27.7 Å². The Morgan fingerprint density at radius 1 is 0.408 bits per heavy atom. The molecule has 436 valence electrons. The zero-order valence-corrected chi connectivity index (χ0v) is 50.3. The molecular formula is C66H115NO8P+. The van der Waals surface area contributed by atoms with Crippen LogP contribution in [0.5, 0.6) is 0 Å². The van der Waals surface area contributed by atoms with Crippen molar-refractivity contribution in [3.05, 3.63) is 109 Å². The van der Waals surface area contributed by atoms with E-state index >= 15 is 0 Å². The Balaban J connectivity index is 3.95. The van der Waals surface area contributed by atoms with E-state index in [9.17, 15) is 19.0 Å². The van der Waals surface area contributed by atoms with Crippen LogP contribution in [-0.4, -0.2) is 74.9 Å². The van der Waals surface area contributed by atoms with Crippen molar-refractivity contribution >= 4 is 19.8 Å². The fourth-order valence-corrected chi connectivity index (χ4v) is 8.92. The molecule has 76 heavy (non-hydrogen) atoms. The molecule has 0 radical (unpaired) electrons. The zero-order valence-electron chi connectivity index (χ0n) is 49.5. The van der Waals surface area contributed by atoms with E-state index in [1.807, 2.05) is 33.3 Å². The number of esters is 2. The van der Waals surface area contributed by atoms with Crippen LogP contribution in [0.3, 0.4) is 0 Å². The topological polar surface area (TPSA) is 108 Å². The molecule has 10 heteroatoms. The number of carbonyl (C=O) groups is 2. The van der Waals surface area contributed by atoms with Gasteiger partial charge in [0.15, 0.2) is 6.10 Å². The average molecular weight is 1080 g/mol. The van der Waals surface area contributed by atoms with E-state index in [0.29, 0.717) is 23.9 Å². The first-order valence-electron chi connectivity index (χ1n) is 30.6. The number of hydrogen-bond donors (Lipinski definition) is 1. The van der Waals surface area contributed by atoms with Gasteiger partial charge in [-0.05, 0) is 83.5 Å². The highest BCUT2D eigenvalue weighted by Crippen LogP contribution is 2.43. The smallest absolute Gasteiger partial charge is 0.462 e. The zero-order chi connectivity index (χ0) is 55.6. The number of hydrogen-bond acceptors (Lipinski definition) is 7. The number of unbranched alkanes of at least 4 members (excludes halogenated alkanes) is 23. The second-order valence-electron chi connectivity index (χ2n) is 21.3. The van der Waals surface area contributed by atoms with E-state index in [0.717, 1.165) is 77.0 Å². The summed E-state index contributed by atoms with van der Waals surface area (Å²) >= 11 is 0. The van der Waals surface area contributed by atoms with E-state index in [-0.39, 0.29) is 26.1 Å². The molecule has 0 saturated carbocycles. The average Bonchev–Trinajstić information content (AvgIpc) is 3.38. The summed E-state index contributed by atoms with van der Waals surface area (Å²) < 4.78 is 34.4. The van der Waals surface area contributed by atoms with Crippen molar-refractivity contribution in [2.45, 2.75) is 251 Å². The maximum atomic E-state index is 12.8. The molecule has 0 spiro atoms. The molecule has 9 nitrogen and oxygen atoms in total. The monoisotopic (exact) mass is 1080 g/mol. The first-order valence-corrected chi connectivity index (χ1v) is 32.1. The lowest BCUT2D eigenvalue weighted by Gasteiger charge is -2.24. The molecule has 2 unspecified atom stereocenters. The maximum Gasteiger partial charge on any atom is 0.472 e. The summed E-state index contributed by atoms with van der Waals surface area (Å²) in [7, 11) is 1.44. The molecule has 0 aromatic rings. The van der Waals surface area contributed by atoms with Crippen molar-refractivity contribution in [3.63, 3.8) is 0 Å². The van der Waals surface area contributed by atoms with Crippen LogP contribution < -0.4 is 0 Å². The Hall–Kier alpha value is -3.33. The Kier molecular flexibility index (Phi) is 53.9. The van der Waals surface area contributed by atoms with Crippen molar-refractivity contribution in [1.82, 2.24) is 0 Å². The van der Waals surface area contributed by atoms with E-state index in [4.69, 9.17) is 18.5 Å². The number of phosphoric acid groups is 1. The summed E-state index contributed by atoms with van der Waals surface area (Å²) in [6.07, 6.45) is 79.4. The Morgan fingerprint density at radius 3 is 1.11 bits per heavy atom. The molecule has 0 amide bonds. The summed E-state index contributed by atoms with van der Waals surface area (Å²) in [5, 5.41) is 0. The van der Waals surface area contributed by atoms with Gasteiger partial charge < -0.3 is 18.9 Å². The van der Waals surface area contributed by atoms with E-state index < -0.39 is 32.5 Å². The summed E-state index contributed by atoms with van der Waals surface area (Å²) in [5.74, 6) is -0.891. The van der Waals surface area contributed by atoms with Gasteiger partial charge in [0.25, 0.3) is 0 Å². The van der Waals surface area contributed by atoms with Gasteiger partial charge in [0.1, 0.15) is 19.8 Å². The van der Waals surface area contributed by atoms with Crippen molar-refractivity contribution in [2.75, 3.05) is 47.5 Å². The molecule has 0 aliphatic rings. The highest BCUT2D eigenvalue weighted by molar-refractivity contribution is 7.47. The molecule has 0 saturated heterocycles. The van der Waals surface area contributed by atoms with Gasteiger partial charge in [-0.1, -0.05) is 258 Å². The third kappa shape index (κ3) is 59.9. The highest BCUT2D eigenvalue weighted by atomic mass is 31.2. The SMILES string of the molecule is CC/C=C\C/C=C\C/C=C\C/C=C\C/C=C\CCCCCCCCCCCCCCCCCCCCCCCCCC(=O)OC(COC(=O)CC/C=C\C/C=C\C/C=C\C/C=C\CC)COP(=O)(O)OCC[N+](C)(C)C. The number of allylic oxidation sites excluding steroid dienone is 18. The Morgan fingerprint density at radius 2 is 0.737 bits per heavy atom. The minimum absolute atomic E-state index is 0.0185. The minimum atomic E-state index is -4.40. The molecule has 0 aromatic heterocycles. The van der Waals surface area contributed by atoms with Crippen molar-refractivity contribution in [3.8, 4) is 0 Å². The van der Waals surface area contributed by atoms with Crippen LogP contribution >= 0.6 is 7.82 Å². The summed E-state index contributed by atoms with van der Waals surface area (Å²) in [5.41, 5.74) is 0. The van der Waals surface area contributed by atoms with E-state index in [2.05, 4.69) is 111 Å². The lowest BCUT2D eigenvalue weighted by Crippen LogP contribution is -2.37. The number of likely N-dealkylation sites (N-methyl/N-ethyl adjacent to an activating group) is 1. The number of nitrogens with zero attached hydrogens (tertiary/aromatic N) is 1. The second kappa shape index (κ2) is 56.4. The fourth-order valence-electron chi connectivity index (χ4n) is 8.17. The molecule has 1 N–H and O–H groups in total. The molecule has 0 fully saturated rings. The lowest BCUT2D eigenvalue weighted by molar-refractivity contribution is -0.870. The van der Waals surface area contributed by atoms with Gasteiger partial charge in [-0.25, -0.2) is 4.57 Å². The first kappa shape index (κ1) is 72.7. The minimum Gasteiger partial charge on any atom is -0.462 e. The Labute approximate surface area is 467 Å². The number of carbonyl (C=O) groups excluding carboxylic acids is 2. The third-order valence-electron chi connectivity index (χ3n) is 12.8. The first-order chi connectivity index (χ1) is 37.0. The van der Waals surface area contributed by atoms with Crippen molar-refractivity contribution in [2.24, 2.45) is 0 Å². The standard InChI is InChI=1S/C66H114NO8P/c1-6-8-10-12-14-16-18-20-21-22-23-24-25-26-27-28-29-30-31-32-33-34-35-36-37-38-39-40-41-42-43-44-45-47-49-51-53-55-57-59-66(69)75-64(63-74-76(70,71)73-61-60-67(3,4)5)62-72-65(68)58-56-54-52-50-48-46-19-17-15-13-11-9-7-2/h8-11,14-17,20-21,23-24,26-27,46,48,52,54,64H,6-7,12-13,18-19,22,25,28-45,47,49-51,53,55-63H2,1-5H3/p+1/b10-8-,11-9-,16-14-,17-15-,21-20-,24-23-,27-26-,48-46-,54-52-. The number of rotatable bonds is 55. The van der Waals surface area contributed by atoms with Crippen molar-refractivity contribution in [1.29, 1.82) is 0 Å². The molecule has 0 aromatic carbocycles. The molecule has 0 aliphatic heterocycles. The van der Waals surface area contributed by atoms with Crippen LogP contribution in [0.4, 0.5) is 0 Å². The van der Waals surface area contributed by atoms with Crippen LogP contribution in [0.1, 0.15) is 245 Å². The van der Waals surface area contributed by atoms with Gasteiger partial charge in [-0.3, -0.25) is 18.6 Å². The van der Waals surface area contributed by atoms with Crippen molar-refractivity contribution < 1.29 is 42.1 Å². The number of ether oxygens (including phenoxy) is 2. The third-order valence-corrected chi connectivity index (χ3v) is 13.8. The van der Waals surface area contributed by atoms with E-state index in [1.165, 1.54) is 128 Å². The second-order valence-corrected chi connectivity index (χ2v) is 22.8. The van der Waals surface area contributed by atoms with Crippen LogP contribution in [0.25, 0.3) is 0 Å². The van der Waals surface area contributed by atoms with Crippen LogP contribution in [-0.2, 0) is 32.7 Å². The quantitative estimate of drug-likeness (QED) is 0.0211. The van der Waals surface area contributed by atoms with Crippen LogP contribution in [0.2, 0.25) is 0 Å². The predicted molar refractivity (Wildman–Crippen MR) is 325 cm³/mol. The van der Waals surface area contributed by atoms with E-state index in [1.54, 1.807) is 0 Å². The molecule has 2 atom stereocenters. The number of quaternary nitrogens is 1. The summed E-state index contributed by atoms with van der Waals surface area (Å²) in [6, 6.07) is 0. The largest absolute Gasteiger partial charge is 0.472 e. The van der Waals surface area contributed by atoms with Gasteiger partial charge in [-0.15, -0.1) is 0 Å². The molecule has 0 heterocycles.